The average molecular weight is 299 g/mol. The second-order valence-electron chi connectivity index (χ2n) is 3.90. The van der Waals surface area contributed by atoms with Crippen LogP contribution >= 0.6 is 11.6 Å². The average Bonchev–Trinajstić information content (AvgIpc) is 2.39. The van der Waals surface area contributed by atoms with E-state index >= 15 is 0 Å². The molecule has 2 aromatic rings. The Kier molecular flexibility index (Phi) is 4.20. The van der Waals surface area contributed by atoms with E-state index in [1.807, 2.05) is 0 Å². The van der Waals surface area contributed by atoms with Crippen LogP contribution in [0.25, 0.3) is 11.1 Å². The van der Waals surface area contributed by atoms with Crippen molar-refractivity contribution < 1.29 is 23.4 Å². The number of ether oxygens (including phenoxy) is 1. The number of carbonyl (C=O) groups is 1. The molecule has 0 aliphatic carbocycles. The molecule has 0 atom stereocenters. The molecule has 0 heterocycles. The summed E-state index contributed by atoms with van der Waals surface area (Å²) in [6, 6.07) is 10.3. The van der Waals surface area contributed by atoms with Gasteiger partial charge in [0.25, 0.3) is 0 Å². The summed E-state index contributed by atoms with van der Waals surface area (Å²) in [5.74, 6) is -1.41. The third-order valence-corrected chi connectivity index (χ3v) is 2.85. The second kappa shape index (κ2) is 5.88. The van der Waals surface area contributed by atoms with Gasteiger partial charge < -0.3 is 9.84 Å². The molecular weight excluding hydrogens is 290 g/mol. The lowest BCUT2D eigenvalue weighted by atomic mass is 10.0. The van der Waals surface area contributed by atoms with Gasteiger partial charge in [-0.3, -0.25) is 0 Å². The number of carboxylic acid groups (broad SMARTS) is 1. The molecule has 0 aliphatic heterocycles. The van der Waals surface area contributed by atoms with E-state index in [2.05, 4.69) is 4.74 Å². The maximum absolute atomic E-state index is 12.4. The van der Waals surface area contributed by atoms with Gasteiger partial charge in [-0.05, 0) is 35.9 Å². The van der Waals surface area contributed by atoms with E-state index in [-0.39, 0.29) is 11.3 Å². The van der Waals surface area contributed by atoms with Gasteiger partial charge >= 0.3 is 12.6 Å². The maximum atomic E-state index is 12.4. The molecule has 2 rings (SSSR count). The molecule has 0 unspecified atom stereocenters. The van der Waals surface area contributed by atoms with Crippen molar-refractivity contribution in [2.75, 3.05) is 0 Å². The highest BCUT2D eigenvalue weighted by Gasteiger charge is 2.14. The van der Waals surface area contributed by atoms with Crippen molar-refractivity contribution >= 4 is 17.6 Å². The number of rotatable bonds is 4. The fourth-order valence-electron chi connectivity index (χ4n) is 1.72. The highest BCUT2D eigenvalue weighted by molar-refractivity contribution is 6.30. The van der Waals surface area contributed by atoms with Gasteiger partial charge in [0.15, 0.2) is 0 Å². The Hall–Kier alpha value is -2.14. The van der Waals surface area contributed by atoms with E-state index < -0.39 is 12.6 Å². The minimum absolute atomic E-state index is 0.127. The number of hydrogen-bond acceptors (Lipinski definition) is 2. The van der Waals surface area contributed by atoms with Crippen molar-refractivity contribution in [1.82, 2.24) is 0 Å². The van der Waals surface area contributed by atoms with Crippen LogP contribution in [0.4, 0.5) is 8.78 Å². The Morgan fingerprint density at radius 2 is 1.80 bits per heavy atom. The van der Waals surface area contributed by atoms with Gasteiger partial charge in [0.1, 0.15) is 5.75 Å². The van der Waals surface area contributed by atoms with Gasteiger partial charge in [-0.25, -0.2) is 4.79 Å². The minimum atomic E-state index is -3.04. The maximum Gasteiger partial charge on any atom is 0.387 e. The van der Waals surface area contributed by atoms with Gasteiger partial charge in [-0.15, -0.1) is 0 Å². The van der Waals surface area contributed by atoms with Crippen molar-refractivity contribution in [2.24, 2.45) is 0 Å². The summed E-state index contributed by atoms with van der Waals surface area (Å²) in [7, 11) is 0. The molecule has 104 valence electrons. The zero-order valence-corrected chi connectivity index (χ0v) is 10.8. The standard InChI is InChI=1S/C14H9ClF2O3/c15-10-4-1-8(2-5-10)11-6-3-9(13(18)19)7-12(11)20-14(16)17/h1-7,14H,(H,18,19). The fourth-order valence-corrected chi connectivity index (χ4v) is 1.84. The van der Waals surface area contributed by atoms with Crippen LogP contribution in [0, 0.1) is 0 Å². The molecule has 0 spiro atoms. The molecular formula is C14H9ClF2O3. The Morgan fingerprint density at radius 1 is 1.15 bits per heavy atom. The number of carboxylic acids is 1. The number of benzene rings is 2. The number of hydrogen-bond donors (Lipinski definition) is 1. The Labute approximate surface area is 118 Å². The quantitative estimate of drug-likeness (QED) is 0.915. The van der Waals surface area contributed by atoms with Crippen molar-refractivity contribution in [3.05, 3.63) is 53.1 Å². The summed E-state index contributed by atoms with van der Waals surface area (Å²) in [5.41, 5.74) is 0.840. The monoisotopic (exact) mass is 298 g/mol. The van der Waals surface area contributed by atoms with Crippen LogP contribution in [-0.4, -0.2) is 17.7 Å². The van der Waals surface area contributed by atoms with Crippen LogP contribution in [0.3, 0.4) is 0 Å². The van der Waals surface area contributed by atoms with Crippen LogP contribution in [0.15, 0.2) is 42.5 Å². The Morgan fingerprint density at radius 3 is 2.35 bits per heavy atom. The normalized spacial score (nSPS) is 10.6. The van der Waals surface area contributed by atoms with Crippen LogP contribution in [0.5, 0.6) is 5.75 Å². The van der Waals surface area contributed by atoms with Crippen LogP contribution in [0.1, 0.15) is 10.4 Å². The smallest absolute Gasteiger partial charge is 0.387 e. The first-order valence-corrected chi connectivity index (χ1v) is 5.93. The summed E-state index contributed by atoms with van der Waals surface area (Å²) in [6.45, 7) is -3.04. The number of halogens is 3. The van der Waals surface area contributed by atoms with Crippen molar-refractivity contribution in [2.45, 2.75) is 6.61 Å². The fraction of sp³-hybridized carbons (Fsp3) is 0.0714. The van der Waals surface area contributed by atoms with Crippen LogP contribution in [0.2, 0.25) is 5.02 Å². The van der Waals surface area contributed by atoms with Crippen molar-refractivity contribution in [3.63, 3.8) is 0 Å². The highest BCUT2D eigenvalue weighted by Crippen LogP contribution is 2.32. The van der Waals surface area contributed by atoms with E-state index in [4.69, 9.17) is 16.7 Å². The third kappa shape index (κ3) is 3.24. The van der Waals surface area contributed by atoms with Crippen molar-refractivity contribution in [1.29, 1.82) is 0 Å². The molecule has 0 saturated carbocycles. The summed E-state index contributed by atoms with van der Waals surface area (Å²) in [4.78, 5) is 10.9. The summed E-state index contributed by atoms with van der Waals surface area (Å²) < 4.78 is 29.2. The number of aromatic carboxylic acids is 1. The summed E-state index contributed by atoms with van der Waals surface area (Å²) >= 11 is 5.76. The Bertz CT molecular complexity index is 627. The largest absolute Gasteiger partial charge is 0.478 e. The lowest BCUT2D eigenvalue weighted by Gasteiger charge is -2.12. The SMILES string of the molecule is O=C(O)c1ccc(-c2ccc(Cl)cc2)c(OC(F)F)c1. The molecule has 3 nitrogen and oxygen atoms in total. The first-order valence-electron chi connectivity index (χ1n) is 5.55. The lowest BCUT2D eigenvalue weighted by molar-refractivity contribution is -0.0495. The van der Waals surface area contributed by atoms with Gasteiger partial charge in [0.2, 0.25) is 0 Å². The summed E-state index contributed by atoms with van der Waals surface area (Å²) in [5, 5.41) is 9.39. The van der Waals surface area contributed by atoms with E-state index in [1.54, 1.807) is 24.3 Å². The molecule has 2 aromatic carbocycles. The van der Waals surface area contributed by atoms with Gasteiger partial charge in [-0.2, -0.15) is 8.78 Å². The molecule has 0 aromatic heterocycles. The van der Waals surface area contributed by atoms with E-state index in [9.17, 15) is 13.6 Å². The first kappa shape index (κ1) is 14.3. The molecule has 0 amide bonds. The number of alkyl halides is 2. The molecule has 0 radical (unpaired) electrons. The van der Waals surface area contributed by atoms with E-state index in [0.29, 0.717) is 16.1 Å². The van der Waals surface area contributed by atoms with Crippen LogP contribution in [-0.2, 0) is 0 Å². The second-order valence-corrected chi connectivity index (χ2v) is 4.34. The van der Waals surface area contributed by atoms with Gasteiger partial charge in [0, 0.05) is 10.6 Å². The minimum Gasteiger partial charge on any atom is -0.478 e. The zero-order valence-electron chi connectivity index (χ0n) is 10.0. The molecule has 0 aliphatic rings. The molecule has 0 fully saturated rings. The van der Waals surface area contributed by atoms with Crippen molar-refractivity contribution in [3.8, 4) is 16.9 Å². The predicted molar refractivity (Wildman–Crippen MR) is 70.5 cm³/mol. The first-order chi connectivity index (χ1) is 9.47. The van der Waals surface area contributed by atoms with Crippen LogP contribution < -0.4 is 4.74 Å². The van der Waals surface area contributed by atoms with E-state index in [0.717, 1.165) is 6.07 Å². The summed E-state index contributed by atoms with van der Waals surface area (Å²) in [6.07, 6.45) is 0. The topological polar surface area (TPSA) is 46.5 Å². The zero-order chi connectivity index (χ0) is 14.7. The molecule has 0 saturated heterocycles. The lowest BCUT2D eigenvalue weighted by Crippen LogP contribution is -2.05. The highest BCUT2D eigenvalue weighted by atomic mass is 35.5. The Balaban J connectivity index is 2.50. The van der Waals surface area contributed by atoms with E-state index in [1.165, 1.54) is 12.1 Å². The predicted octanol–water partition coefficient (Wildman–Crippen LogP) is 4.31. The third-order valence-electron chi connectivity index (χ3n) is 2.60. The molecule has 1 N–H and O–H groups in total. The molecule has 6 heteroatoms. The molecule has 20 heavy (non-hydrogen) atoms. The van der Waals surface area contributed by atoms with Gasteiger partial charge in [0.05, 0.1) is 5.56 Å². The molecule has 0 bridgehead atoms. The van der Waals surface area contributed by atoms with Gasteiger partial charge in [-0.1, -0.05) is 23.7 Å².